The number of hydrogen-bond donors (Lipinski definition) is 3. The average Bonchev–Trinajstić information content (AvgIpc) is 3.24. The van der Waals surface area contributed by atoms with E-state index in [2.05, 4.69) is 10.3 Å². The minimum Gasteiger partial charge on any atom is -0.399 e. The highest BCUT2D eigenvalue weighted by atomic mass is 31.2. The third kappa shape index (κ3) is 4.59. The summed E-state index contributed by atoms with van der Waals surface area (Å²) in [5.74, 6) is 0. The Kier molecular flexibility index (Phi) is 5.74. The first-order valence-corrected chi connectivity index (χ1v) is 11.6. The Hall–Kier alpha value is -3.25. The molecule has 31 heavy (non-hydrogen) atoms. The molecular weight excluding hydrogens is 411 g/mol. The van der Waals surface area contributed by atoms with E-state index in [1.165, 1.54) is 0 Å². The lowest BCUT2D eigenvalue weighted by atomic mass is 10.0. The molecule has 0 fully saturated rings. The molecule has 0 aliphatic rings. The fraction of sp³-hybridized carbons (Fsp3) is 0.130. The van der Waals surface area contributed by atoms with Gasteiger partial charge in [-0.1, -0.05) is 60.7 Å². The Balaban J connectivity index is 1.72. The van der Waals surface area contributed by atoms with E-state index in [0.717, 1.165) is 17.5 Å². The SMILES string of the molecule is CCc1ccc(C(c2cccc(-n3cc(-c4cccc(N)c4)nn3)c2)P(=O)(O)O)cc1. The predicted molar refractivity (Wildman–Crippen MR) is 121 cm³/mol. The Labute approximate surface area is 180 Å². The molecule has 0 amide bonds. The first-order chi connectivity index (χ1) is 14.8. The summed E-state index contributed by atoms with van der Waals surface area (Å²) in [6.45, 7) is 2.04. The molecule has 7 nitrogen and oxygen atoms in total. The number of benzene rings is 3. The van der Waals surface area contributed by atoms with E-state index in [-0.39, 0.29) is 0 Å². The fourth-order valence-electron chi connectivity index (χ4n) is 3.57. The van der Waals surface area contributed by atoms with Gasteiger partial charge in [-0.25, -0.2) is 4.68 Å². The van der Waals surface area contributed by atoms with Gasteiger partial charge in [0.05, 0.1) is 11.9 Å². The van der Waals surface area contributed by atoms with Crippen LogP contribution in [0.4, 0.5) is 5.69 Å². The maximum atomic E-state index is 12.4. The third-order valence-corrected chi connectivity index (χ3v) is 6.44. The first-order valence-electron chi connectivity index (χ1n) is 9.88. The monoisotopic (exact) mass is 434 g/mol. The van der Waals surface area contributed by atoms with Crippen molar-refractivity contribution in [3.8, 4) is 16.9 Å². The minimum atomic E-state index is -4.46. The quantitative estimate of drug-likeness (QED) is 0.307. The molecule has 0 aliphatic carbocycles. The maximum absolute atomic E-state index is 12.4. The van der Waals surface area contributed by atoms with E-state index in [9.17, 15) is 14.4 Å². The lowest BCUT2D eigenvalue weighted by molar-refractivity contribution is 0.364. The van der Waals surface area contributed by atoms with Crippen LogP contribution in [0.5, 0.6) is 0 Å². The highest BCUT2D eigenvalue weighted by Crippen LogP contribution is 2.55. The van der Waals surface area contributed by atoms with Crippen LogP contribution in [0.25, 0.3) is 16.9 Å². The first kappa shape index (κ1) is 21.0. The summed E-state index contributed by atoms with van der Waals surface area (Å²) in [4.78, 5) is 20.2. The number of hydrogen-bond acceptors (Lipinski definition) is 4. The summed E-state index contributed by atoms with van der Waals surface area (Å²) < 4.78 is 14.0. The van der Waals surface area contributed by atoms with E-state index < -0.39 is 13.3 Å². The highest BCUT2D eigenvalue weighted by molar-refractivity contribution is 7.52. The van der Waals surface area contributed by atoms with Gasteiger partial charge in [0.2, 0.25) is 0 Å². The lowest BCUT2D eigenvalue weighted by Crippen LogP contribution is -2.04. The zero-order chi connectivity index (χ0) is 22.0. The maximum Gasteiger partial charge on any atom is 0.337 e. The molecule has 1 aromatic heterocycles. The van der Waals surface area contributed by atoms with Gasteiger partial charge in [-0.2, -0.15) is 0 Å². The number of nitrogens with two attached hydrogens (primary N) is 1. The molecule has 0 saturated carbocycles. The molecule has 158 valence electrons. The van der Waals surface area contributed by atoms with Crippen molar-refractivity contribution in [3.63, 3.8) is 0 Å². The minimum absolute atomic E-state index is 0.510. The third-order valence-electron chi connectivity index (χ3n) is 5.17. The van der Waals surface area contributed by atoms with Crippen LogP contribution in [0.3, 0.4) is 0 Å². The zero-order valence-corrected chi connectivity index (χ0v) is 17.9. The summed E-state index contributed by atoms with van der Waals surface area (Å²) in [6, 6.07) is 21.7. The number of aryl methyl sites for hydroxylation is 1. The second-order valence-corrected chi connectivity index (χ2v) is 9.05. The summed E-state index contributed by atoms with van der Waals surface area (Å²) in [6.07, 6.45) is 2.62. The molecule has 4 rings (SSSR count). The molecule has 4 N–H and O–H groups in total. The van der Waals surface area contributed by atoms with Gasteiger partial charge in [-0.15, -0.1) is 5.10 Å². The topological polar surface area (TPSA) is 114 Å². The van der Waals surface area contributed by atoms with Gasteiger partial charge in [0, 0.05) is 11.3 Å². The molecule has 0 spiro atoms. The van der Waals surface area contributed by atoms with E-state index in [1.807, 2.05) is 43.3 Å². The number of nitrogen functional groups attached to an aromatic ring is 1. The van der Waals surface area contributed by atoms with E-state index in [0.29, 0.717) is 28.2 Å². The van der Waals surface area contributed by atoms with Crippen molar-refractivity contribution in [2.24, 2.45) is 0 Å². The molecule has 8 heteroatoms. The van der Waals surface area contributed by atoms with Crippen molar-refractivity contribution in [1.82, 2.24) is 15.0 Å². The molecule has 3 aromatic carbocycles. The van der Waals surface area contributed by atoms with Gasteiger partial charge in [0.15, 0.2) is 0 Å². The van der Waals surface area contributed by atoms with Gasteiger partial charge in [-0.3, -0.25) is 4.57 Å². The van der Waals surface area contributed by atoms with Crippen molar-refractivity contribution in [1.29, 1.82) is 0 Å². The molecule has 0 radical (unpaired) electrons. The number of nitrogens with zero attached hydrogens (tertiary/aromatic N) is 3. The van der Waals surface area contributed by atoms with E-state index in [4.69, 9.17) is 5.73 Å². The average molecular weight is 434 g/mol. The number of aromatic nitrogens is 3. The van der Waals surface area contributed by atoms with Crippen molar-refractivity contribution < 1.29 is 14.4 Å². The van der Waals surface area contributed by atoms with Gasteiger partial charge >= 0.3 is 7.60 Å². The van der Waals surface area contributed by atoms with Crippen LogP contribution >= 0.6 is 7.60 Å². The van der Waals surface area contributed by atoms with Gasteiger partial charge < -0.3 is 15.5 Å². The molecule has 0 bridgehead atoms. The normalized spacial score (nSPS) is 12.6. The molecule has 1 heterocycles. The second-order valence-electron chi connectivity index (χ2n) is 7.36. The summed E-state index contributed by atoms with van der Waals surface area (Å²) in [7, 11) is -4.46. The van der Waals surface area contributed by atoms with Crippen LogP contribution in [0, 0.1) is 0 Å². The molecule has 1 atom stereocenters. The second kappa shape index (κ2) is 8.47. The van der Waals surface area contributed by atoms with Crippen molar-refractivity contribution in [2.75, 3.05) is 5.73 Å². The predicted octanol–water partition coefficient (Wildman–Crippen LogP) is 4.35. The van der Waals surface area contributed by atoms with Crippen molar-refractivity contribution in [2.45, 2.75) is 19.0 Å². The van der Waals surface area contributed by atoms with Crippen LogP contribution in [-0.2, 0) is 11.0 Å². The Bertz CT molecular complexity index is 1250. The Morgan fingerprint density at radius 3 is 2.42 bits per heavy atom. The fourth-order valence-corrected chi connectivity index (χ4v) is 4.68. The standard InChI is InChI=1S/C23H23N4O3P/c1-2-16-9-11-17(12-10-16)23(31(28,29)30)19-6-4-8-21(14-19)27-15-22(25-26-27)18-5-3-7-20(24)13-18/h3-15,23H,2,24H2,1H3,(H2,28,29,30). The van der Waals surface area contributed by atoms with Crippen LogP contribution in [-0.4, -0.2) is 24.8 Å². The van der Waals surface area contributed by atoms with Gasteiger partial charge in [-0.05, 0) is 47.4 Å². The summed E-state index contributed by atoms with van der Waals surface area (Å²) >= 11 is 0. The largest absolute Gasteiger partial charge is 0.399 e. The molecule has 0 saturated heterocycles. The summed E-state index contributed by atoms with van der Waals surface area (Å²) in [5, 5.41) is 8.39. The van der Waals surface area contributed by atoms with Crippen LogP contribution in [0.15, 0.2) is 79.0 Å². The van der Waals surface area contributed by atoms with Crippen molar-refractivity contribution in [3.05, 3.63) is 95.7 Å². The van der Waals surface area contributed by atoms with E-state index in [1.54, 1.807) is 47.3 Å². The molecule has 0 aliphatic heterocycles. The van der Waals surface area contributed by atoms with Gasteiger partial charge in [0.1, 0.15) is 11.4 Å². The number of anilines is 1. The summed E-state index contributed by atoms with van der Waals surface area (Å²) in [5.41, 5.74) is 9.76. The smallest absolute Gasteiger partial charge is 0.337 e. The molecule has 1 unspecified atom stereocenters. The van der Waals surface area contributed by atoms with Crippen molar-refractivity contribution >= 4 is 13.3 Å². The Morgan fingerprint density at radius 1 is 1.00 bits per heavy atom. The van der Waals surface area contributed by atoms with Crippen LogP contribution < -0.4 is 5.73 Å². The van der Waals surface area contributed by atoms with Gasteiger partial charge in [0.25, 0.3) is 0 Å². The number of rotatable bonds is 6. The molecular formula is C23H23N4O3P. The Morgan fingerprint density at radius 2 is 1.74 bits per heavy atom. The van der Waals surface area contributed by atoms with Crippen LogP contribution in [0.1, 0.15) is 29.3 Å². The highest BCUT2D eigenvalue weighted by Gasteiger charge is 2.32. The van der Waals surface area contributed by atoms with E-state index >= 15 is 0 Å². The van der Waals surface area contributed by atoms with Crippen LogP contribution in [0.2, 0.25) is 0 Å². The molecule has 4 aromatic rings. The zero-order valence-electron chi connectivity index (χ0n) is 17.0. The lowest BCUT2D eigenvalue weighted by Gasteiger charge is -2.20.